The van der Waals surface area contributed by atoms with Crippen molar-refractivity contribution in [3.05, 3.63) is 38.9 Å². The number of likely N-dealkylation sites (N-methyl/N-ethyl adjacent to an activating group) is 1. The zero-order chi connectivity index (χ0) is 15.2. The molecule has 1 N–H and O–H groups in total. The Kier molecular flexibility index (Phi) is 5.48. The van der Waals surface area contributed by atoms with Gasteiger partial charge in [0.05, 0.1) is 11.5 Å². The summed E-state index contributed by atoms with van der Waals surface area (Å²) < 4.78 is 1.66. The molecule has 1 aromatic heterocycles. The van der Waals surface area contributed by atoms with Crippen molar-refractivity contribution >= 4 is 29.1 Å². The van der Waals surface area contributed by atoms with E-state index < -0.39 is 4.92 Å². The summed E-state index contributed by atoms with van der Waals surface area (Å²) in [6.07, 6.45) is 0. The van der Waals surface area contributed by atoms with Crippen LogP contribution in [-0.4, -0.2) is 38.7 Å². The maximum Gasteiger partial charge on any atom is 0.274 e. The standard InChI is InChI=1S/C11H13ClN6O2S/c1-13-4-5-17-11(14-15-16-17)21-7-8-2-3-9(12)6-10(8)18(19)20/h2-3,6,13H,4-5,7H2,1H3. The van der Waals surface area contributed by atoms with E-state index in [2.05, 4.69) is 20.8 Å². The van der Waals surface area contributed by atoms with Gasteiger partial charge in [-0.25, -0.2) is 4.68 Å². The average molecular weight is 329 g/mol. The lowest BCUT2D eigenvalue weighted by molar-refractivity contribution is -0.385. The van der Waals surface area contributed by atoms with Gasteiger partial charge in [-0.1, -0.05) is 23.4 Å². The molecule has 0 aliphatic heterocycles. The molecule has 2 aromatic rings. The van der Waals surface area contributed by atoms with Crippen LogP contribution < -0.4 is 5.32 Å². The molecule has 1 heterocycles. The number of tetrazole rings is 1. The number of nitrogens with zero attached hydrogens (tertiary/aromatic N) is 5. The number of halogens is 1. The number of thioether (sulfide) groups is 1. The van der Waals surface area contributed by atoms with Crippen molar-refractivity contribution in [3.8, 4) is 0 Å². The summed E-state index contributed by atoms with van der Waals surface area (Å²) in [6.45, 7) is 1.37. The van der Waals surface area contributed by atoms with Gasteiger partial charge in [0.25, 0.3) is 5.69 Å². The third-order valence-electron chi connectivity index (χ3n) is 2.67. The lowest BCUT2D eigenvalue weighted by Crippen LogP contribution is -2.16. The van der Waals surface area contributed by atoms with Gasteiger partial charge < -0.3 is 5.32 Å². The number of hydrogen-bond donors (Lipinski definition) is 1. The van der Waals surface area contributed by atoms with Gasteiger partial charge >= 0.3 is 0 Å². The van der Waals surface area contributed by atoms with Gasteiger partial charge in [-0.2, -0.15) is 0 Å². The topological polar surface area (TPSA) is 98.8 Å². The molecule has 0 fully saturated rings. The second kappa shape index (κ2) is 7.34. The Hall–Kier alpha value is -1.71. The molecule has 21 heavy (non-hydrogen) atoms. The molecular weight excluding hydrogens is 316 g/mol. The van der Waals surface area contributed by atoms with Crippen molar-refractivity contribution in [2.75, 3.05) is 13.6 Å². The maximum atomic E-state index is 11.0. The average Bonchev–Trinajstić information content (AvgIpc) is 2.91. The normalized spacial score (nSPS) is 10.8. The number of nitro benzene ring substituents is 1. The zero-order valence-corrected chi connectivity index (χ0v) is 12.8. The van der Waals surface area contributed by atoms with E-state index in [0.717, 1.165) is 6.54 Å². The molecule has 0 aliphatic rings. The number of nitro groups is 1. The Labute approximate surface area is 130 Å². The summed E-state index contributed by atoms with van der Waals surface area (Å²) in [7, 11) is 1.84. The summed E-state index contributed by atoms with van der Waals surface area (Å²) in [5, 5.41) is 26.4. The Balaban J connectivity index is 2.10. The minimum atomic E-state index is -0.439. The lowest BCUT2D eigenvalue weighted by Gasteiger charge is -2.05. The van der Waals surface area contributed by atoms with E-state index in [1.807, 2.05) is 7.05 Å². The van der Waals surface area contributed by atoms with Crippen LogP contribution in [0.15, 0.2) is 23.4 Å². The molecule has 112 valence electrons. The molecule has 0 radical (unpaired) electrons. The van der Waals surface area contributed by atoms with Crippen LogP contribution in [0.3, 0.4) is 0 Å². The third-order valence-corrected chi connectivity index (χ3v) is 3.91. The molecule has 0 bridgehead atoms. The monoisotopic (exact) mass is 328 g/mol. The Morgan fingerprint density at radius 2 is 2.33 bits per heavy atom. The number of nitrogens with one attached hydrogen (secondary N) is 1. The molecule has 0 saturated heterocycles. The quantitative estimate of drug-likeness (QED) is 0.469. The predicted octanol–water partition coefficient (Wildman–Crippen LogP) is 1.75. The molecule has 0 spiro atoms. The van der Waals surface area contributed by atoms with Crippen molar-refractivity contribution in [1.29, 1.82) is 0 Å². The molecule has 8 nitrogen and oxygen atoms in total. The number of benzene rings is 1. The molecule has 0 amide bonds. The third kappa shape index (κ3) is 4.13. The smallest absolute Gasteiger partial charge is 0.274 e. The van der Waals surface area contributed by atoms with Crippen LogP contribution in [0.4, 0.5) is 5.69 Å². The van der Waals surface area contributed by atoms with Crippen molar-refractivity contribution in [2.24, 2.45) is 0 Å². The summed E-state index contributed by atoms with van der Waals surface area (Å²) in [6, 6.07) is 4.63. The first-order valence-corrected chi connectivity index (χ1v) is 7.44. The van der Waals surface area contributed by atoms with Gasteiger partial charge in [0.1, 0.15) is 0 Å². The maximum absolute atomic E-state index is 11.0. The van der Waals surface area contributed by atoms with E-state index >= 15 is 0 Å². The first-order chi connectivity index (χ1) is 10.1. The van der Waals surface area contributed by atoms with E-state index in [9.17, 15) is 10.1 Å². The molecule has 0 saturated carbocycles. The highest BCUT2D eigenvalue weighted by Gasteiger charge is 2.16. The highest BCUT2D eigenvalue weighted by Crippen LogP contribution is 2.28. The van der Waals surface area contributed by atoms with Gasteiger partial charge in [-0.15, -0.1) is 5.10 Å². The molecule has 2 rings (SSSR count). The largest absolute Gasteiger partial charge is 0.318 e. The first-order valence-electron chi connectivity index (χ1n) is 6.08. The zero-order valence-electron chi connectivity index (χ0n) is 11.2. The van der Waals surface area contributed by atoms with Gasteiger partial charge in [0, 0.05) is 29.0 Å². The SMILES string of the molecule is CNCCn1nnnc1SCc1ccc(Cl)cc1[N+](=O)[O-]. The molecule has 10 heteroatoms. The first kappa shape index (κ1) is 15.7. The molecule has 0 atom stereocenters. The number of aromatic nitrogens is 4. The van der Waals surface area contributed by atoms with E-state index in [1.165, 1.54) is 17.8 Å². The van der Waals surface area contributed by atoms with Crippen molar-refractivity contribution in [2.45, 2.75) is 17.5 Å². The van der Waals surface area contributed by atoms with Crippen molar-refractivity contribution in [3.63, 3.8) is 0 Å². The van der Waals surface area contributed by atoms with Gasteiger partial charge in [-0.05, 0) is 29.6 Å². The summed E-state index contributed by atoms with van der Waals surface area (Å²) >= 11 is 7.13. The fourth-order valence-electron chi connectivity index (χ4n) is 1.63. The highest BCUT2D eigenvalue weighted by atomic mass is 35.5. The molecule has 0 unspecified atom stereocenters. The number of hydrogen-bond acceptors (Lipinski definition) is 7. The van der Waals surface area contributed by atoms with E-state index in [4.69, 9.17) is 11.6 Å². The summed E-state index contributed by atoms with van der Waals surface area (Å²) in [4.78, 5) is 10.6. The number of rotatable bonds is 7. The van der Waals surface area contributed by atoms with Crippen LogP contribution in [0.2, 0.25) is 5.02 Å². The second-order valence-electron chi connectivity index (χ2n) is 4.11. The lowest BCUT2D eigenvalue weighted by atomic mass is 10.2. The fourth-order valence-corrected chi connectivity index (χ4v) is 2.70. The fraction of sp³-hybridized carbons (Fsp3) is 0.364. The molecular formula is C11H13ClN6O2S. The highest BCUT2D eigenvalue weighted by molar-refractivity contribution is 7.98. The minimum Gasteiger partial charge on any atom is -0.318 e. The van der Waals surface area contributed by atoms with Gasteiger partial charge in [-0.3, -0.25) is 10.1 Å². The molecule has 0 aliphatic carbocycles. The van der Waals surface area contributed by atoms with Crippen molar-refractivity contribution in [1.82, 2.24) is 25.5 Å². The second-order valence-corrected chi connectivity index (χ2v) is 5.49. The van der Waals surface area contributed by atoms with Crippen LogP contribution in [0.5, 0.6) is 0 Å². The Bertz CT molecular complexity index is 635. The minimum absolute atomic E-state index is 0.00393. The van der Waals surface area contributed by atoms with Crippen LogP contribution in [0.1, 0.15) is 5.56 Å². The predicted molar refractivity (Wildman–Crippen MR) is 79.4 cm³/mol. The van der Waals surface area contributed by atoms with E-state index in [0.29, 0.717) is 28.0 Å². The van der Waals surface area contributed by atoms with E-state index in [1.54, 1.807) is 16.8 Å². The Morgan fingerprint density at radius 3 is 3.05 bits per heavy atom. The van der Waals surface area contributed by atoms with Crippen LogP contribution in [0.25, 0.3) is 0 Å². The molecule has 1 aromatic carbocycles. The van der Waals surface area contributed by atoms with Crippen LogP contribution in [0, 0.1) is 10.1 Å². The van der Waals surface area contributed by atoms with Gasteiger partial charge in [0.2, 0.25) is 5.16 Å². The van der Waals surface area contributed by atoms with Crippen LogP contribution in [-0.2, 0) is 12.3 Å². The van der Waals surface area contributed by atoms with Crippen LogP contribution >= 0.6 is 23.4 Å². The van der Waals surface area contributed by atoms with E-state index in [-0.39, 0.29) is 5.69 Å². The Morgan fingerprint density at radius 1 is 1.52 bits per heavy atom. The van der Waals surface area contributed by atoms with Gasteiger partial charge in [0.15, 0.2) is 0 Å². The van der Waals surface area contributed by atoms with Crippen molar-refractivity contribution < 1.29 is 4.92 Å². The summed E-state index contributed by atoms with van der Waals surface area (Å²) in [5.41, 5.74) is 0.585. The summed E-state index contributed by atoms with van der Waals surface area (Å²) in [5.74, 6) is 0.396.